The Morgan fingerprint density at radius 2 is 1.14 bits per heavy atom. The van der Waals surface area contributed by atoms with Crippen molar-refractivity contribution in [1.82, 2.24) is 19.6 Å². The Labute approximate surface area is 209 Å². The fourth-order valence-corrected chi connectivity index (χ4v) is 5.11. The summed E-state index contributed by atoms with van der Waals surface area (Å²) in [5.41, 5.74) is 7.56. The maximum Gasteiger partial charge on any atom is 0.224 e. The van der Waals surface area contributed by atoms with E-state index in [1.165, 1.54) is 11.1 Å². The van der Waals surface area contributed by atoms with Crippen molar-refractivity contribution in [3.63, 3.8) is 0 Å². The number of fused-ring (bicyclic) bond motifs is 2. The van der Waals surface area contributed by atoms with Crippen LogP contribution in [0, 0.1) is 13.8 Å². The third-order valence-corrected chi connectivity index (χ3v) is 6.83. The summed E-state index contributed by atoms with van der Waals surface area (Å²) in [6.45, 7) is 5.37. The quantitative estimate of drug-likeness (QED) is 0.274. The van der Waals surface area contributed by atoms with E-state index < -0.39 is 0 Å². The van der Waals surface area contributed by atoms with Crippen molar-refractivity contribution in [2.45, 2.75) is 32.9 Å². The molecule has 35 heavy (non-hydrogen) atoms. The fourth-order valence-electron chi connectivity index (χ4n) is 4.98. The van der Waals surface area contributed by atoms with Crippen LogP contribution in [-0.4, -0.2) is 19.6 Å². The predicted molar refractivity (Wildman–Crippen MR) is 137 cm³/mol. The van der Waals surface area contributed by atoms with E-state index in [0.29, 0.717) is 18.1 Å². The molecule has 0 unspecified atom stereocenters. The first kappa shape index (κ1) is 21.7. The van der Waals surface area contributed by atoms with E-state index in [-0.39, 0.29) is 5.92 Å². The zero-order chi connectivity index (χ0) is 23.9. The van der Waals surface area contributed by atoms with Crippen LogP contribution in [0.25, 0.3) is 0 Å². The molecule has 0 radical (unpaired) electrons. The van der Waals surface area contributed by atoms with Gasteiger partial charge >= 0.3 is 0 Å². The number of aromatic nitrogens is 4. The molecule has 0 aliphatic carbocycles. The van der Waals surface area contributed by atoms with Gasteiger partial charge in [-0.15, -0.1) is 0 Å². The molecule has 3 heterocycles. The molecule has 6 heteroatoms. The second-order valence-corrected chi connectivity index (χ2v) is 9.42. The lowest BCUT2D eigenvalue weighted by Gasteiger charge is -2.26. The van der Waals surface area contributed by atoms with Crippen LogP contribution >= 0.6 is 11.6 Å². The Kier molecular flexibility index (Phi) is 5.42. The standard InChI is InChI=1S/C29H25ClN4O/c1-19-25-27(23-13-15-24(30)16-14-23)26-20(2)32-34(18-22-11-7-4-8-12-22)29(26)35-28(25)33(31-19)17-21-9-5-3-6-10-21/h3-16,27H,17-18H2,1-2H3. The molecular formula is C29H25ClN4O. The van der Waals surface area contributed by atoms with Gasteiger partial charge in [-0.1, -0.05) is 84.4 Å². The summed E-state index contributed by atoms with van der Waals surface area (Å²) in [6, 6.07) is 28.7. The van der Waals surface area contributed by atoms with Crippen LogP contribution in [0.1, 0.15) is 45.1 Å². The van der Waals surface area contributed by atoms with E-state index in [1.54, 1.807) is 0 Å². The van der Waals surface area contributed by atoms with Gasteiger partial charge in [0.25, 0.3) is 0 Å². The van der Waals surface area contributed by atoms with E-state index in [1.807, 2.05) is 57.9 Å². The zero-order valence-corrected chi connectivity index (χ0v) is 20.4. The highest BCUT2D eigenvalue weighted by molar-refractivity contribution is 6.30. The molecule has 174 valence electrons. The van der Waals surface area contributed by atoms with E-state index in [0.717, 1.165) is 39.8 Å². The lowest BCUT2D eigenvalue weighted by Crippen LogP contribution is -2.15. The van der Waals surface area contributed by atoms with Crippen molar-refractivity contribution in [3.8, 4) is 11.8 Å². The topological polar surface area (TPSA) is 44.9 Å². The molecule has 0 fully saturated rings. The molecule has 0 saturated heterocycles. The minimum absolute atomic E-state index is 0.0416. The van der Waals surface area contributed by atoms with Gasteiger partial charge in [-0.25, -0.2) is 9.36 Å². The molecule has 0 saturated carbocycles. The van der Waals surface area contributed by atoms with Crippen LogP contribution in [0.3, 0.4) is 0 Å². The summed E-state index contributed by atoms with van der Waals surface area (Å²) in [7, 11) is 0. The molecule has 2 aromatic heterocycles. The highest BCUT2D eigenvalue weighted by Gasteiger charge is 2.38. The number of aryl methyl sites for hydroxylation is 2. The number of rotatable bonds is 5. The average molecular weight is 481 g/mol. The first-order valence-electron chi connectivity index (χ1n) is 11.7. The summed E-state index contributed by atoms with van der Waals surface area (Å²) < 4.78 is 10.6. The predicted octanol–water partition coefficient (Wildman–Crippen LogP) is 6.73. The van der Waals surface area contributed by atoms with E-state index in [2.05, 4.69) is 50.2 Å². The first-order chi connectivity index (χ1) is 17.1. The summed E-state index contributed by atoms with van der Waals surface area (Å²) >= 11 is 6.24. The molecule has 0 spiro atoms. The van der Waals surface area contributed by atoms with Crippen molar-refractivity contribution < 1.29 is 4.74 Å². The Morgan fingerprint density at radius 3 is 1.60 bits per heavy atom. The summed E-state index contributed by atoms with van der Waals surface area (Å²) in [6.07, 6.45) is 0. The summed E-state index contributed by atoms with van der Waals surface area (Å²) in [5.74, 6) is 1.50. The van der Waals surface area contributed by atoms with Crippen LogP contribution in [0.4, 0.5) is 0 Å². The maximum atomic E-state index is 6.68. The van der Waals surface area contributed by atoms with Crippen molar-refractivity contribution >= 4 is 11.6 Å². The third-order valence-electron chi connectivity index (χ3n) is 6.58. The molecule has 1 aliphatic rings. The van der Waals surface area contributed by atoms with Gasteiger partial charge in [-0.05, 0) is 42.7 Å². The van der Waals surface area contributed by atoms with E-state index >= 15 is 0 Å². The van der Waals surface area contributed by atoms with E-state index in [4.69, 9.17) is 26.5 Å². The van der Waals surface area contributed by atoms with Gasteiger partial charge in [-0.2, -0.15) is 10.2 Å². The number of benzene rings is 3. The molecule has 0 atom stereocenters. The van der Waals surface area contributed by atoms with Crippen molar-refractivity contribution in [1.29, 1.82) is 0 Å². The zero-order valence-electron chi connectivity index (χ0n) is 19.6. The molecule has 5 nitrogen and oxygen atoms in total. The van der Waals surface area contributed by atoms with Crippen LogP contribution in [0.2, 0.25) is 5.02 Å². The second kappa shape index (κ2) is 8.75. The first-order valence-corrected chi connectivity index (χ1v) is 12.1. The molecule has 6 rings (SSSR count). The van der Waals surface area contributed by atoms with Gasteiger partial charge in [0, 0.05) is 22.1 Å². The maximum absolute atomic E-state index is 6.68. The lowest BCUT2D eigenvalue weighted by atomic mass is 9.84. The largest absolute Gasteiger partial charge is 0.421 e. The normalized spacial score (nSPS) is 12.8. The molecule has 3 aromatic carbocycles. The molecule has 0 bridgehead atoms. The number of hydrogen-bond donors (Lipinski definition) is 0. The van der Waals surface area contributed by atoms with Gasteiger partial charge < -0.3 is 4.74 Å². The SMILES string of the molecule is Cc1nn(Cc2ccccc2)c2c1C(c1ccc(Cl)cc1)c1c(C)nn(Cc3ccccc3)c1O2. The van der Waals surface area contributed by atoms with E-state index in [9.17, 15) is 0 Å². The Bertz CT molecular complexity index is 1400. The van der Waals surface area contributed by atoms with Crippen LogP contribution < -0.4 is 4.74 Å². The highest BCUT2D eigenvalue weighted by Crippen LogP contribution is 2.50. The minimum Gasteiger partial charge on any atom is -0.421 e. The smallest absolute Gasteiger partial charge is 0.224 e. The molecule has 0 N–H and O–H groups in total. The number of hydrogen-bond acceptors (Lipinski definition) is 3. The highest BCUT2D eigenvalue weighted by atomic mass is 35.5. The fraction of sp³-hybridized carbons (Fsp3) is 0.172. The van der Waals surface area contributed by atoms with Crippen molar-refractivity contribution in [2.24, 2.45) is 0 Å². The Hall–Kier alpha value is -3.83. The Morgan fingerprint density at radius 1 is 0.686 bits per heavy atom. The van der Waals surface area contributed by atoms with Crippen molar-refractivity contribution in [2.75, 3.05) is 0 Å². The average Bonchev–Trinajstić information content (AvgIpc) is 3.35. The van der Waals surface area contributed by atoms with Gasteiger partial charge in [0.2, 0.25) is 11.8 Å². The second-order valence-electron chi connectivity index (χ2n) is 8.98. The third kappa shape index (κ3) is 3.92. The van der Waals surface area contributed by atoms with Gasteiger partial charge in [0.05, 0.1) is 24.5 Å². The minimum atomic E-state index is -0.0416. The van der Waals surface area contributed by atoms with Gasteiger partial charge in [0.15, 0.2) is 0 Å². The number of nitrogens with zero attached hydrogens (tertiary/aromatic N) is 4. The van der Waals surface area contributed by atoms with Gasteiger partial charge in [-0.3, -0.25) is 0 Å². The van der Waals surface area contributed by atoms with Crippen LogP contribution in [0.15, 0.2) is 84.9 Å². The van der Waals surface area contributed by atoms with Crippen LogP contribution in [0.5, 0.6) is 11.8 Å². The Balaban J connectivity index is 1.52. The monoisotopic (exact) mass is 480 g/mol. The summed E-state index contributed by atoms with van der Waals surface area (Å²) in [4.78, 5) is 0. The molecular weight excluding hydrogens is 456 g/mol. The van der Waals surface area contributed by atoms with Gasteiger partial charge in [0.1, 0.15) is 0 Å². The lowest BCUT2D eigenvalue weighted by molar-refractivity contribution is 0.362. The summed E-state index contributed by atoms with van der Waals surface area (Å²) in [5, 5.41) is 10.6. The molecule has 1 aliphatic heterocycles. The molecule has 0 amide bonds. The number of halogens is 1. The molecule has 5 aromatic rings. The van der Waals surface area contributed by atoms with Crippen molar-refractivity contribution in [3.05, 3.63) is 129 Å². The van der Waals surface area contributed by atoms with Crippen LogP contribution in [-0.2, 0) is 13.1 Å². The number of ether oxygens (including phenoxy) is 1.